The zero-order valence-electron chi connectivity index (χ0n) is 9.35. The Bertz CT molecular complexity index is 129. The summed E-state index contributed by atoms with van der Waals surface area (Å²) in [5, 5.41) is 0. The highest BCUT2D eigenvalue weighted by Crippen LogP contribution is 2.28. The van der Waals surface area contributed by atoms with Crippen LogP contribution < -0.4 is 0 Å². The van der Waals surface area contributed by atoms with Gasteiger partial charge in [0, 0.05) is 0 Å². The first-order valence-electron chi connectivity index (χ1n) is 5.09. The van der Waals surface area contributed by atoms with Crippen LogP contribution in [0.3, 0.4) is 0 Å². The van der Waals surface area contributed by atoms with Crippen LogP contribution in [0.2, 0.25) is 0 Å². The van der Waals surface area contributed by atoms with E-state index < -0.39 is 0 Å². The minimum absolute atomic E-state index is 0.497. The van der Waals surface area contributed by atoms with Crippen molar-refractivity contribution in [1.29, 1.82) is 0 Å². The average Bonchev–Trinajstić information content (AvgIpc) is 1.98. The van der Waals surface area contributed by atoms with E-state index in [0.29, 0.717) is 5.41 Å². The van der Waals surface area contributed by atoms with Crippen LogP contribution in [0, 0.1) is 11.3 Å². The molecule has 0 aliphatic carbocycles. The Kier molecular flexibility index (Phi) is 5.28. The maximum Gasteiger partial charge on any atom is -0.0299 e. The number of hydrogen-bond donors (Lipinski definition) is 0. The summed E-state index contributed by atoms with van der Waals surface area (Å²) in [7, 11) is 0. The lowest BCUT2D eigenvalue weighted by Gasteiger charge is -2.23. The molecule has 0 aromatic carbocycles. The van der Waals surface area contributed by atoms with E-state index in [9.17, 15) is 0 Å². The Morgan fingerprint density at radius 3 is 2.25 bits per heavy atom. The molecule has 0 rings (SSSR count). The van der Waals surface area contributed by atoms with E-state index in [-0.39, 0.29) is 0 Å². The van der Waals surface area contributed by atoms with Crippen LogP contribution in [-0.4, -0.2) is 0 Å². The van der Waals surface area contributed by atoms with Crippen molar-refractivity contribution in [3.63, 3.8) is 0 Å². The molecule has 0 nitrogen and oxygen atoms in total. The molecule has 0 aromatic rings. The van der Waals surface area contributed by atoms with Crippen molar-refractivity contribution in [2.45, 2.75) is 53.9 Å². The van der Waals surface area contributed by atoms with Gasteiger partial charge in [0.25, 0.3) is 0 Å². The average molecular weight is 168 g/mol. The maximum atomic E-state index is 2.36. The first kappa shape index (κ1) is 11.7. The van der Waals surface area contributed by atoms with Crippen molar-refractivity contribution in [3.8, 4) is 0 Å². The molecular weight excluding hydrogens is 144 g/mol. The highest BCUT2D eigenvalue weighted by atomic mass is 14.2. The Morgan fingerprint density at radius 2 is 1.83 bits per heavy atom. The number of allylic oxidation sites excluding steroid dienone is 2. The molecule has 0 radical (unpaired) electrons. The fourth-order valence-electron chi connectivity index (χ4n) is 1.22. The molecule has 0 fully saturated rings. The molecule has 0 N–H and O–H groups in total. The third-order valence-corrected chi connectivity index (χ3v) is 2.30. The summed E-state index contributed by atoms with van der Waals surface area (Å²) in [6, 6.07) is 0. The Labute approximate surface area is 78.1 Å². The number of hydrogen-bond acceptors (Lipinski definition) is 0. The molecule has 0 heterocycles. The first-order chi connectivity index (χ1) is 5.48. The molecular formula is C12H24. The summed E-state index contributed by atoms with van der Waals surface area (Å²) in [4.78, 5) is 0. The van der Waals surface area contributed by atoms with Gasteiger partial charge in [0.1, 0.15) is 0 Å². The van der Waals surface area contributed by atoms with Crippen LogP contribution in [0.15, 0.2) is 12.2 Å². The summed E-state index contributed by atoms with van der Waals surface area (Å²) < 4.78 is 0. The molecule has 12 heavy (non-hydrogen) atoms. The molecule has 0 aliphatic heterocycles. The summed E-state index contributed by atoms with van der Waals surface area (Å²) in [5.41, 5.74) is 0.497. The predicted octanol–water partition coefficient (Wildman–Crippen LogP) is 4.42. The molecule has 0 bridgehead atoms. The summed E-state index contributed by atoms with van der Waals surface area (Å²) in [6.45, 7) is 11.4. The molecule has 0 aromatic heterocycles. The minimum Gasteiger partial charge on any atom is -0.0916 e. The van der Waals surface area contributed by atoms with Crippen molar-refractivity contribution < 1.29 is 0 Å². The molecule has 0 unspecified atom stereocenters. The molecule has 0 heteroatoms. The summed E-state index contributed by atoms with van der Waals surface area (Å²) >= 11 is 0. The van der Waals surface area contributed by atoms with Gasteiger partial charge in [0.15, 0.2) is 0 Å². The maximum absolute atomic E-state index is 2.36. The van der Waals surface area contributed by atoms with Crippen molar-refractivity contribution >= 4 is 0 Å². The van der Waals surface area contributed by atoms with Crippen LogP contribution in [-0.2, 0) is 0 Å². The largest absolute Gasteiger partial charge is 0.0916 e. The van der Waals surface area contributed by atoms with E-state index in [1.54, 1.807) is 0 Å². The fourth-order valence-corrected chi connectivity index (χ4v) is 1.22. The molecule has 0 atom stereocenters. The van der Waals surface area contributed by atoms with Crippen LogP contribution in [0.5, 0.6) is 0 Å². The lowest BCUT2D eigenvalue weighted by atomic mass is 9.82. The van der Waals surface area contributed by atoms with Crippen molar-refractivity contribution in [2.24, 2.45) is 11.3 Å². The van der Waals surface area contributed by atoms with Crippen LogP contribution in [0.1, 0.15) is 53.9 Å². The Hall–Kier alpha value is -0.260. The van der Waals surface area contributed by atoms with E-state index in [4.69, 9.17) is 0 Å². The molecule has 72 valence electrons. The SMILES string of the molecule is C/C=C/CC(C)(C)CCC(C)C. The van der Waals surface area contributed by atoms with Gasteiger partial charge in [-0.05, 0) is 31.1 Å². The zero-order chi connectivity index (χ0) is 9.61. The third kappa shape index (κ3) is 6.45. The summed E-state index contributed by atoms with van der Waals surface area (Å²) in [6.07, 6.45) is 8.34. The Balaban J connectivity index is 3.70. The predicted molar refractivity (Wildman–Crippen MR) is 57.3 cm³/mol. The van der Waals surface area contributed by atoms with Crippen molar-refractivity contribution in [3.05, 3.63) is 12.2 Å². The van der Waals surface area contributed by atoms with Crippen LogP contribution in [0.4, 0.5) is 0 Å². The molecule has 0 amide bonds. The molecule has 0 saturated carbocycles. The smallest absolute Gasteiger partial charge is 0.0299 e. The number of rotatable bonds is 5. The second-order valence-electron chi connectivity index (χ2n) is 4.87. The van der Waals surface area contributed by atoms with Crippen LogP contribution >= 0.6 is 0 Å². The van der Waals surface area contributed by atoms with Gasteiger partial charge < -0.3 is 0 Å². The standard InChI is InChI=1S/C12H24/c1-6-7-9-12(4,5)10-8-11(2)3/h6-7,11H,8-10H2,1-5H3/b7-6+. The van der Waals surface area contributed by atoms with Gasteiger partial charge in [0.2, 0.25) is 0 Å². The summed E-state index contributed by atoms with van der Waals surface area (Å²) in [5.74, 6) is 0.842. The highest BCUT2D eigenvalue weighted by Gasteiger charge is 2.15. The van der Waals surface area contributed by atoms with Crippen molar-refractivity contribution in [2.75, 3.05) is 0 Å². The lowest BCUT2D eigenvalue weighted by molar-refractivity contribution is 0.307. The third-order valence-electron chi connectivity index (χ3n) is 2.30. The van der Waals surface area contributed by atoms with Gasteiger partial charge in [0.05, 0.1) is 0 Å². The quantitative estimate of drug-likeness (QED) is 0.533. The van der Waals surface area contributed by atoms with Gasteiger partial charge in [-0.2, -0.15) is 0 Å². The van der Waals surface area contributed by atoms with E-state index in [1.165, 1.54) is 19.3 Å². The van der Waals surface area contributed by atoms with Gasteiger partial charge >= 0.3 is 0 Å². The van der Waals surface area contributed by atoms with E-state index in [0.717, 1.165) is 5.92 Å². The fraction of sp³-hybridized carbons (Fsp3) is 0.833. The van der Waals surface area contributed by atoms with Gasteiger partial charge in [-0.15, -0.1) is 0 Å². The molecule has 0 aliphatic rings. The first-order valence-corrected chi connectivity index (χ1v) is 5.09. The zero-order valence-corrected chi connectivity index (χ0v) is 9.35. The topological polar surface area (TPSA) is 0 Å². The monoisotopic (exact) mass is 168 g/mol. The molecule has 0 spiro atoms. The second-order valence-corrected chi connectivity index (χ2v) is 4.87. The Morgan fingerprint density at radius 1 is 1.25 bits per heavy atom. The van der Waals surface area contributed by atoms with E-state index in [2.05, 4.69) is 46.8 Å². The van der Waals surface area contributed by atoms with Gasteiger partial charge in [-0.25, -0.2) is 0 Å². The second kappa shape index (κ2) is 5.40. The van der Waals surface area contributed by atoms with Crippen LogP contribution in [0.25, 0.3) is 0 Å². The van der Waals surface area contributed by atoms with E-state index in [1.807, 2.05) is 0 Å². The minimum atomic E-state index is 0.497. The normalized spacial score (nSPS) is 13.2. The highest BCUT2D eigenvalue weighted by molar-refractivity contribution is 4.84. The van der Waals surface area contributed by atoms with Gasteiger partial charge in [-0.3, -0.25) is 0 Å². The van der Waals surface area contributed by atoms with E-state index >= 15 is 0 Å². The van der Waals surface area contributed by atoms with Gasteiger partial charge in [-0.1, -0.05) is 46.3 Å². The lowest BCUT2D eigenvalue weighted by Crippen LogP contribution is -2.10. The van der Waals surface area contributed by atoms with Crippen molar-refractivity contribution in [1.82, 2.24) is 0 Å². The molecule has 0 saturated heterocycles.